The molecule has 130 valence electrons. The first-order valence-corrected chi connectivity index (χ1v) is 8.35. The van der Waals surface area contributed by atoms with Gasteiger partial charge in [-0.15, -0.1) is 0 Å². The third-order valence-electron chi connectivity index (χ3n) is 3.89. The highest BCUT2D eigenvalue weighted by Crippen LogP contribution is 2.30. The lowest BCUT2D eigenvalue weighted by atomic mass is 9.83. The first kappa shape index (κ1) is 18.0. The molecule has 0 bridgehead atoms. The molecule has 2 rings (SSSR count). The fourth-order valence-electron chi connectivity index (χ4n) is 3.19. The molecule has 5 heteroatoms. The van der Waals surface area contributed by atoms with Gasteiger partial charge < -0.3 is 15.4 Å². The summed E-state index contributed by atoms with van der Waals surface area (Å²) in [7, 11) is 0. The van der Waals surface area contributed by atoms with Gasteiger partial charge in [0.05, 0.1) is 11.7 Å². The lowest BCUT2D eigenvalue weighted by Gasteiger charge is -2.26. The van der Waals surface area contributed by atoms with E-state index in [0.717, 1.165) is 17.7 Å². The number of carbonyl (C=O) groups is 1. The van der Waals surface area contributed by atoms with Crippen molar-refractivity contribution < 1.29 is 9.90 Å². The van der Waals surface area contributed by atoms with Crippen LogP contribution in [-0.2, 0) is 0 Å². The number of rotatable bonds is 6. The van der Waals surface area contributed by atoms with Gasteiger partial charge >= 0.3 is 6.09 Å². The summed E-state index contributed by atoms with van der Waals surface area (Å²) in [6.07, 6.45) is 2.54. The number of benzene rings is 1. The summed E-state index contributed by atoms with van der Waals surface area (Å²) in [6.45, 7) is 8.75. The fraction of sp³-hybridized carbons (Fsp3) is 0.474. The van der Waals surface area contributed by atoms with Crippen molar-refractivity contribution in [3.63, 3.8) is 0 Å². The maximum Gasteiger partial charge on any atom is 0.405 e. The standard InChI is InChI=1S/C19H27N3O2/c1-13(11-19(2,3)4)10-15(22-18(23)24)17-20-12-16(21-17)14-8-6-5-7-9-14/h5-9,12-13,15,22H,10-11H2,1-4H3,(H,20,21)(H,23,24)/t13?,15-/m1/s1. The maximum absolute atomic E-state index is 11.2. The molecule has 1 aromatic heterocycles. The molecule has 0 radical (unpaired) electrons. The Bertz CT molecular complexity index is 659. The third kappa shape index (κ3) is 5.41. The fourth-order valence-corrected chi connectivity index (χ4v) is 3.19. The number of hydrogen-bond donors (Lipinski definition) is 3. The molecule has 0 spiro atoms. The highest BCUT2D eigenvalue weighted by molar-refractivity contribution is 5.65. The normalized spacial score (nSPS) is 14.2. The highest BCUT2D eigenvalue weighted by atomic mass is 16.4. The van der Waals surface area contributed by atoms with Crippen LogP contribution in [0.15, 0.2) is 36.5 Å². The van der Waals surface area contributed by atoms with E-state index in [9.17, 15) is 4.79 Å². The summed E-state index contributed by atoms with van der Waals surface area (Å²) in [5, 5.41) is 11.8. The van der Waals surface area contributed by atoms with Gasteiger partial charge in [-0.25, -0.2) is 9.78 Å². The Morgan fingerprint density at radius 3 is 2.54 bits per heavy atom. The number of carboxylic acid groups (broad SMARTS) is 1. The smallest absolute Gasteiger partial charge is 0.405 e. The van der Waals surface area contributed by atoms with Crippen LogP contribution in [-0.4, -0.2) is 21.2 Å². The zero-order valence-corrected chi connectivity index (χ0v) is 14.8. The molecule has 5 nitrogen and oxygen atoms in total. The SMILES string of the molecule is CC(C[C@@H](NC(=O)O)c1nc(-c2ccccc2)c[nH]1)CC(C)(C)C. The molecule has 0 aliphatic carbocycles. The van der Waals surface area contributed by atoms with Gasteiger partial charge in [0.15, 0.2) is 0 Å². The molecular weight excluding hydrogens is 302 g/mol. The predicted octanol–water partition coefficient (Wildman–Crippen LogP) is 4.85. The number of aromatic nitrogens is 2. The van der Waals surface area contributed by atoms with Crippen molar-refractivity contribution in [2.45, 2.75) is 46.6 Å². The van der Waals surface area contributed by atoms with Crippen molar-refractivity contribution >= 4 is 6.09 Å². The summed E-state index contributed by atoms with van der Waals surface area (Å²) in [4.78, 5) is 18.9. The molecule has 0 saturated carbocycles. The largest absolute Gasteiger partial charge is 0.465 e. The molecule has 1 aromatic carbocycles. The lowest BCUT2D eigenvalue weighted by Crippen LogP contribution is -2.29. The van der Waals surface area contributed by atoms with Crippen LogP contribution in [0.3, 0.4) is 0 Å². The van der Waals surface area contributed by atoms with Gasteiger partial charge in [0.1, 0.15) is 5.82 Å². The number of H-pyrrole nitrogens is 1. The molecule has 0 aliphatic heterocycles. The van der Waals surface area contributed by atoms with Crippen LogP contribution in [0.4, 0.5) is 4.79 Å². The topological polar surface area (TPSA) is 78.0 Å². The molecule has 1 heterocycles. The second kappa shape index (κ2) is 7.51. The summed E-state index contributed by atoms with van der Waals surface area (Å²) in [5.74, 6) is 1.05. The monoisotopic (exact) mass is 329 g/mol. The van der Waals surface area contributed by atoms with Crippen LogP contribution in [0, 0.1) is 11.3 Å². The van der Waals surface area contributed by atoms with E-state index in [0.29, 0.717) is 18.2 Å². The number of aromatic amines is 1. The Labute approximate surface area is 143 Å². The summed E-state index contributed by atoms with van der Waals surface area (Å²) in [6, 6.07) is 9.52. The van der Waals surface area contributed by atoms with Crippen LogP contribution in [0.1, 0.15) is 52.4 Å². The number of amides is 1. The Kier molecular flexibility index (Phi) is 5.65. The molecule has 0 aliphatic rings. The van der Waals surface area contributed by atoms with E-state index in [1.165, 1.54) is 0 Å². The van der Waals surface area contributed by atoms with Crippen LogP contribution in [0.25, 0.3) is 11.3 Å². The minimum atomic E-state index is -1.03. The van der Waals surface area contributed by atoms with E-state index >= 15 is 0 Å². The van der Waals surface area contributed by atoms with Crippen LogP contribution < -0.4 is 5.32 Å². The van der Waals surface area contributed by atoms with Gasteiger partial charge in [0, 0.05) is 11.8 Å². The molecule has 2 atom stereocenters. The Balaban J connectivity index is 2.16. The van der Waals surface area contributed by atoms with Crippen LogP contribution >= 0.6 is 0 Å². The minimum Gasteiger partial charge on any atom is -0.465 e. The van der Waals surface area contributed by atoms with Crippen molar-refractivity contribution in [3.05, 3.63) is 42.4 Å². The summed E-state index contributed by atoms with van der Waals surface area (Å²) in [5.41, 5.74) is 2.05. The minimum absolute atomic E-state index is 0.214. The van der Waals surface area contributed by atoms with E-state index in [1.54, 1.807) is 0 Å². The second-order valence-electron chi connectivity index (χ2n) is 7.64. The van der Waals surface area contributed by atoms with E-state index in [2.05, 4.69) is 43.0 Å². The number of imidazole rings is 1. The van der Waals surface area contributed by atoms with Gasteiger partial charge in [-0.05, 0) is 24.2 Å². The van der Waals surface area contributed by atoms with Gasteiger partial charge in [0.25, 0.3) is 0 Å². The average Bonchev–Trinajstić information content (AvgIpc) is 2.94. The summed E-state index contributed by atoms with van der Waals surface area (Å²) < 4.78 is 0. The predicted molar refractivity (Wildman–Crippen MR) is 95.8 cm³/mol. The molecular formula is C19H27N3O2. The van der Waals surface area contributed by atoms with Crippen LogP contribution in [0.2, 0.25) is 0 Å². The maximum atomic E-state index is 11.2. The van der Waals surface area contributed by atoms with Crippen molar-refractivity contribution in [2.24, 2.45) is 11.3 Å². The van der Waals surface area contributed by atoms with Gasteiger partial charge in [-0.1, -0.05) is 58.0 Å². The van der Waals surface area contributed by atoms with Crippen LogP contribution in [0.5, 0.6) is 0 Å². The Morgan fingerprint density at radius 1 is 1.29 bits per heavy atom. The third-order valence-corrected chi connectivity index (χ3v) is 3.89. The average molecular weight is 329 g/mol. The van der Waals surface area contributed by atoms with E-state index < -0.39 is 6.09 Å². The van der Waals surface area contributed by atoms with Gasteiger partial charge in [-0.3, -0.25) is 0 Å². The highest BCUT2D eigenvalue weighted by Gasteiger charge is 2.23. The van der Waals surface area contributed by atoms with E-state index in [4.69, 9.17) is 5.11 Å². The second-order valence-corrected chi connectivity index (χ2v) is 7.64. The van der Waals surface area contributed by atoms with Gasteiger partial charge in [-0.2, -0.15) is 0 Å². The first-order valence-electron chi connectivity index (χ1n) is 8.35. The van der Waals surface area contributed by atoms with Crippen molar-refractivity contribution in [3.8, 4) is 11.3 Å². The Morgan fingerprint density at radius 2 is 1.96 bits per heavy atom. The summed E-state index contributed by atoms with van der Waals surface area (Å²) >= 11 is 0. The molecule has 0 fully saturated rings. The number of nitrogens with zero attached hydrogens (tertiary/aromatic N) is 1. The lowest BCUT2D eigenvalue weighted by molar-refractivity contribution is 0.185. The molecule has 2 aromatic rings. The first-order chi connectivity index (χ1) is 11.2. The Hall–Kier alpha value is -2.30. The quantitative estimate of drug-likeness (QED) is 0.709. The van der Waals surface area contributed by atoms with Gasteiger partial charge in [0.2, 0.25) is 0 Å². The number of nitrogens with one attached hydrogen (secondary N) is 2. The van der Waals surface area contributed by atoms with E-state index in [1.807, 2.05) is 36.5 Å². The molecule has 0 saturated heterocycles. The van der Waals surface area contributed by atoms with Crippen molar-refractivity contribution in [2.75, 3.05) is 0 Å². The molecule has 1 amide bonds. The number of hydrogen-bond acceptors (Lipinski definition) is 2. The zero-order chi connectivity index (χ0) is 17.7. The zero-order valence-electron chi connectivity index (χ0n) is 14.8. The van der Waals surface area contributed by atoms with Crippen molar-refractivity contribution in [1.29, 1.82) is 0 Å². The molecule has 1 unspecified atom stereocenters. The van der Waals surface area contributed by atoms with E-state index in [-0.39, 0.29) is 11.5 Å². The molecule has 3 N–H and O–H groups in total. The molecule has 24 heavy (non-hydrogen) atoms. The van der Waals surface area contributed by atoms with Crippen molar-refractivity contribution in [1.82, 2.24) is 15.3 Å².